The minimum atomic E-state index is -2.80. The number of carbonyl (C=O) groups is 1. The molecule has 0 spiro atoms. The Balaban J connectivity index is 0.00000280. The molecule has 2 saturated heterocycles. The quantitative estimate of drug-likeness (QED) is 0.714. The molecule has 0 aliphatic carbocycles. The van der Waals surface area contributed by atoms with Gasteiger partial charge in [0.15, 0.2) is 0 Å². The molecule has 158 valence electrons. The fourth-order valence-corrected chi connectivity index (χ4v) is 4.03. The molecule has 1 amide bonds. The van der Waals surface area contributed by atoms with Crippen LogP contribution in [0.25, 0.3) is 0 Å². The molecule has 0 saturated carbocycles. The highest BCUT2D eigenvalue weighted by Gasteiger charge is 2.26. The van der Waals surface area contributed by atoms with Gasteiger partial charge in [0.2, 0.25) is 5.91 Å². The molecule has 3 atom stereocenters. The number of nitrogens with one attached hydrogen (secondary N) is 2. The first-order chi connectivity index (χ1) is 13.0. The van der Waals surface area contributed by atoms with Crippen LogP contribution >= 0.6 is 12.4 Å². The summed E-state index contributed by atoms with van der Waals surface area (Å²) in [6.07, 6.45) is 4.20. The van der Waals surface area contributed by atoms with Gasteiger partial charge >= 0.3 is 6.61 Å². The van der Waals surface area contributed by atoms with Crippen molar-refractivity contribution in [3.63, 3.8) is 0 Å². The number of hydrogen-bond donors (Lipinski definition) is 2. The Morgan fingerprint density at radius 1 is 1.29 bits per heavy atom. The highest BCUT2D eigenvalue weighted by atomic mass is 35.5. The van der Waals surface area contributed by atoms with Crippen LogP contribution in [0.5, 0.6) is 5.75 Å². The number of alkyl halides is 2. The van der Waals surface area contributed by atoms with Crippen LogP contribution in [0.2, 0.25) is 0 Å². The normalized spacial score (nSPS) is 23.9. The highest BCUT2D eigenvalue weighted by Crippen LogP contribution is 2.28. The van der Waals surface area contributed by atoms with E-state index in [1.54, 1.807) is 12.1 Å². The molecule has 0 aromatic heterocycles. The molecule has 2 N–H and O–H groups in total. The number of amides is 1. The fraction of sp³-hybridized carbons (Fsp3) is 0.650. The number of nitrogens with zero attached hydrogens (tertiary/aromatic N) is 1. The Hall–Kier alpha value is -1.44. The van der Waals surface area contributed by atoms with Crippen molar-refractivity contribution in [2.75, 3.05) is 26.2 Å². The number of likely N-dealkylation sites (tertiary alicyclic amines) is 1. The van der Waals surface area contributed by atoms with Gasteiger partial charge in [-0.1, -0.05) is 12.1 Å². The number of hydrogen-bond acceptors (Lipinski definition) is 4. The maximum atomic E-state index is 12.3. The number of rotatable bonds is 7. The number of ether oxygens (including phenoxy) is 1. The Kier molecular flexibility index (Phi) is 8.92. The van der Waals surface area contributed by atoms with Crippen LogP contribution in [0.4, 0.5) is 8.78 Å². The molecule has 5 nitrogen and oxygen atoms in total. The largest absolute Gasteiger partial charge is 0.435 e. The zero-order chi connectivity index (χ0) is 19.2. The number of halogens is 3. The van der Waals surface area contributed by atoms with Crippen LogP contribution < -0.4 is 15.4 Å². The maximum absolute atomic E-state index is 12.3. The van der Waals surface area contributed by atoms with Gasteiger partial charge in [0.25, 0.3) is 0 Å². The predicted octanol–water partition coefficient (Wildman–Crippen LogP) is 3.35. The SMILES string of the molecule is CC(c1ccc(OC(F)F)cc1)N1CCCC(CNC(=O)C2CCCN2)C1.Cl. The van der Waals surface area contributed by atoms with Crippen molar-refractivity contribution in [2.24, 2.45) is 5.92 Å². The molecular weight excluding hydrogens is 388 g/mol. The molecule has 3 rings (SSSR count). The third kappa shape index (κ3) is 6.29. The van der Waals surface area contributed by atoms with Crippen molar-refractivity contribution in [2.45, 2.75) is 51.3 Å². The van der Waals surface area contributed by atoms with E-state index in [0.29, 0.717) is 12.5 Å². The van der Waals surface area contributed by atoms with Gasteiger partial charge in [-0.05, 0) is 69.3 Å². The van der Waals surface area contributed by atoms with Crippen LogP contribution in [0.15, 0.2) is 24.3 Å². The van der Waals surface area contributed by atoms with Gasteiger partial charge < -0.3 is 15.4 Å². The van der Waals surface area contributed by atoms with E-state index in [1.165, 1.54) is 0 Å². The first-order valence-corrected chi connectivity index (χ1v) is 9.83. The van der Waals surface area contributed by atoms with E-state index < -0.39 is 6.61 Å². The van der Waals surface area contributed by atoms with Crippen molar-refractivity contribution in [1.29, 1.82) is 0 Å². The molecule has 8 heteroatoms. The van der Waals surface area contributed by atoms with E-state index in [1.807, 2.05) is 12.1 Å². The van der Waals surface area contributed by atoms with Gasteiger partial charge in [0, 0.05) is 19.1 Å². The van der Waals surface area contributed by atoms with Crippen molar-refractivity contribution >= 4 is 18.3 Å². The topological polar surface area (TPSA) is 53.6 Å². The Bertz CT molecular complexity index is 612. The van der Waals surface area contributed by atoms with Gasteiger partial charge in [0.1, 0.15) is 5.75 Å². The molecule has 28 heavy (non-hydrogen) atoms. The van der Waals surface area contributed by atoms with Gasteiger partial charge in [-0.3, -0.25) is 9.69 Å². The van der Waals surface area contributed by atoms with E-state index in [2.05, 4.69) is 27.2 Å². The lowest BCUT2D eigenvalue weighted by molar-refractivity contribution is -0.123. The molecule has 3 unspecified atom stereocenters. The first kappa shape index (κ1) is 22.8. The molecule has 2 heterocycles. The summed E-state index contributed by atoms with van der Waals surface area (Å²) >= 11 is 0. The molecule has 2 aliphatic heterocycles. The standard InChI is InChI=1S/C20H29F2N3O2.ClH/c1-14(16-6-8-17(9-7-16)27-20(21)22)25-11-3-4-15(13-25)12-24-19(26)18-5-2-10-23-18;/h6-9,14-15,18,20,23H,2-5,10-13H2,1H3,(H,24,26);1H. The summed E-state index contributed by atoms with van der Waals surface area (Å²) in [5, 5.41) is 6.33. The third-order valence-electron chi connectivity index (χ3n) is 5.63. The van der Waals surface area contributed by atoms with E-state index in [-0.39, 0.29) is 36.1 Å². The summed E-state index contributed by atoms with van der Waals surface area (Å²) in [5.74, 6) is 0.737. The lowest BCUT2D eigenvalue weighted by Gasteiger charge is -2.37. The fourth-order valence-electron chi connectivity index (χ4n) is 4.03. The Labute approximate surface area is 171 Å². The lowest BCUT2D eigenvalue weighted by Crippen LogP contribution is -2.45. The highest BCUT2D eigenvalue weighted by molar-refractivity contribution is 5.85. The zero-order valence-electron chi connectivity index (χ0n) is 16.2. The van der Waals surface area contributed by atoms with Crippen LogP contribution in [-0.4, -0.2) is 49.6 Å². The molecule has 2 aliphatic rings. The summed E-state index contributed by atoms with van der Waals surface area (Å²) in [6.45, 7) is 2.90. The summed E-state index contributed by atoms with van der Waals surface area (Å²) in [7, 11) is 0. The molecule has 0 bridgehead atoms. The first-order valence-electron chi connectivity index (χ1n) is 9.83. The second kappa shape index (κ2) is 10.9. The zero-order valence-corrected chi connectivity index (χ0v) is 17.0. The molecular formula is C20H30ClF2N3O2. The average molecular weight is 418 g/mol. The summed E-state index contributed by atoms with van der Waals surface area (Å²) < 4.78 is 29.0. The number of carbonyl (C=O) groups excluding carboxylic acids is 1. The second-order valence-corrected chi connectivity index (χ2v) is 7.52. The number of benzene rings is 1. The predicted molar refractivity (Wildman–Crippen MR) is 107 cm³/mol. The van der Waals surface area contributed by atoms with E-state index in [0.717, 1.165) is 50.9 Å². The molecule has 2 fully saturated rings. The van der Waals surface area contributed by atoms with E-state index >= 15 is 0 Å². The minimum Gasteiger partial charge on any atom is -0.435 e. The molecule has 0 radical (unpaired) electrons. The van der Waals surface area contributed by atoms with Gasteiger partial charge in [-0.25, -0.2) is 0 Å². The van der Waals surface area contributed by atoms with Crippen LogP contribution in [0.3, 0.4) is 0 Å². The number of piperidine rings is 1. The smallest absolute Gasteiger partial charge is 0.387 e. The van der Waals surface area contributed by atoms with Crippen molar-refractivity contribution < 1.29 is 18.3 Å². The monoisotopic (exact) mass is 417 g/mol. The lowest BCUT2D eigenvalue weighted by atomic mass is 9.95. The van der Waals surface area contributed by atoms with Gasteiger partial charge in [0.05, 0.1) is 6.04 Å². The third-order valence-corrected chi connectivity index (χ3v) is 5.63. The summed E-state index contributed by atoms with van der Waals surface area (Å²) in [5.41, 5.74) is 1.08. The summed E-state index contributed by atoms with van der Waals surface area (Å²) in [4.78, 5) is 14.6. The molecule has 1 aromatic carbocycles. The van der Waals surface area contributed by atoms with Crippen molar-refractivity contribution in [3.05, 3.63) is 29.8 Å². The van der Waals surface area contributed by atoms with Crippen molar-refractivity contribution in [1.82, 2.24) is 15.5 Å². The van der Waals surface area contributed by atoms with Gasteiger partial charge in [-0.2, -0.15) is 8.78 Å². The van der Waals surface area contributed by atoms with E-state index in [4.69, 9.17) is 0 Å². The van der Waals surface area contributed by atoms with E-state index in [9.17, 15) is 13.6 Å². The molecule has 1 aromatic rings. The maximum Gasteiger partial charge on any atom is 0.387 e. The van der Waals surface area contributed by atoms with Gasteiger partial charge in [-0.15, -0.1) is 12.4 Å². The van der Waals surface area contributed by atoms with Crippen molar-refractivity contribution in [3.8, 4) is 5.75 Å². The average Bonchev–Trinajstić information content (AvgIpc) is 3.21. The van der Waals surface area contributed by atoms with Crippen LogP contribution in [0.1, 0.15) is 44.2 Å². The Morgan fingerprint density at radius 3 is 2.68 bits per heavy atom. The summed E-state index contributed by atoms with van der Waals surface area (Å²) in [6, 6.07) is 7.04. The minimum absolute atomic E-state index is 0. The van der Waals surface area contributed by atoms with Crippen LogP contribution in [-0.2, 0) is 4.79 Å². The van der Waals surface area contributed by atoms with Crippen LogP contribution in [0, 0.1) is 5.92 Å². The Morgan fingerprint density at radius 2 is 2.04 bits per heavy atom. The second-order valence-electron chi connectivity index (χ2n) is 7.52.